The summed E-state index contributed by atoms with van der Waals surface area (Å²) in [6.45, 7) is 0.645. The molecule has 1 aliphatic rings. The van der Waals surface area contributed by atoms with Crippen LogP contribution in [0.3, 0.4) is 0 Å². The van der Waals surface area contributed by atoms with E-state index in [0.29, 0.717) is 36.7 Å². The fourth-order valence-electron chi connectivity index (χ4n) is 2.86. The van der Waals surface area contributed by atoms with Crippen LogP contribution in [-0.2, 0) is 6.18 Å². The number of amides is 1. The summed E-state index contributed by atoms with van der Waals surface area (Å²) in [5, 5.41) is 0.606. The Bertz CT molecular complexity index is 773. The number of ether oxygens (including phenoxy) is 1. The first-order chi connectivity index (χ1) is 12.3. The lowest BCUT2D eigenvalue weighted by atomic mass is 10.0. The molecule has 0 N–H and O–H groups in total. The highest BCUT2D eigenvalue weighted by molar-refractivity contribution is 6.30. The maximum absolute atomic E-state index is 13.1. The largest absolute Gasteiger partial charge is 0.490 e. The van der Waals surface area contributed by atoms with Gasteiger partial charge in [-0.2, -0.15) is 13.2 Å². The number of hydrogen-bond donors (Lipinski definition) is 0. The van der Waals surface area contributed by atoms with Crippen LogP contribution >= 0.6 is 11.6 Å². The maximum atomic E-state index is 13.1. The molecule has 0 saturated carbocycles. The molecule has 0 bridgehead atoms. The van der Waals surface area contributed by atoms with Crippen LogP contribution in [0.15, 0.2) is 42.7 Å². The van der Waals surface area contributed by atoms with E-state index >= 15 is 0 Å². The highest BCUT2D eigenvalue weighted by Gasteiger charge is 2.37. The van der Waals surface area contributed by atoms with Crippen LogP contribution in [0.4, 0.5) is 13.2 Å². The molecule has 4 nitrogen and oxygen atoms in total. The first kappa shape index (κ1) is 18.5. The van der Waals surface area contributed by atoms with Crippen molar-refractivity contribution >= 4 is 17.5 Å². The highest BCUT2D eigenvalue weighted by Crippen LogP contribution is 2.32. The molecule has 0 aliphatic carbocycles. The fraction of sp³-hybridized carbons (Fsp3) is 0.333. The van der Waals surface area contributed by atoms with E-state index in [1.807, 2.05) is 0 Å². The number of carbonyl (C=O) groups excluding carboxylic acids is 1. The summed E-state index contributed by atoms with van der Waals surface area (Å²) in [7, 11) is 0. The lowest BCUT2D eigenvalue weighted by Gasteiger charge is -2.32. The number of benzene rings is 1. The van der Waals surface area contributed by atoms with Crippen molar-refractivity contribution in [2.24, 2.45) is 0 Å². The van der Waals surface area contributed by atoms with E-state index in [1.165, 1.54) is 4.90 Å². The summed E-state index contributed by atoms with van der Waals surface area (Å²) < 4.78 is 45.1. The molecular weight excluding hydrogens is 369 g/mol. The molecule has 1 aromatic carbocycles. The van der Waals surface area contributed by atoms with Gasteiger partial charge in [0.25, 0.3) is 5.91 Å². The Balaban J connectivity index is 1.63. The smallest absolute Gasteiger partial charge is 0.417 e. The molecule has 1 aliphatic heterocycles. The van der Waals surface area contributed by atoms with Crippen molar-refractivity contribution in [3.63, 3.8) is 0 Å². The van der Waals surface area contributed by atoms with Crippen LogP contribution < -0.4 is 4.74 Å². The molecule has 8 heteroatoms. The summed E-state index contributed by atoms with van der Waals surface area (Å²) in [5.74, 6) is 0.0150. The van der Waals surface area contributed by atoms with Crippen LogP contribution in [0.5, 0.6) is 5.75 Å². The third-order valence-electron chi connectivity index (χ3n) is 4.20. The third kappa shape index (κ3) is 4.27. The number of carbonyl (C=O) groups is 1. The van der Waals surface area contributed by atoms with Gasteiger partial charge in [0.05, 0.1) is 11.1 Å². The number of pyridine rings is 1. The standard InChI is InChI=1S/C18H16ClF3N2O2/c19-12-1-3-13(4-2-12)26-14-6-9-24(10-7-14)17(25)15-11-23-8-5-16(15)18(20,21)22/h1-5,8,11,14H,6-7,9-10H2. The van der Waals surface area contributed by atoms with Crippen LogP contribution in [0, 0.1) is 0 Å². The molecule has 1 amide bonds. The van der Waals surface area contributed by atoms with Gasteiger partial charge in [-0.05, 0) is 30.3 Å². The van der Waals surface area contributed by atoms with E-state index in [4.69, 9.17) is 16.3 Å². The van der Waals surface area contributed by atoms with Crippen molar-refractivity contribution in [3.05, 3.63) is 58.9 Å². The predicted molar refractivity (Wildman–Crippen MR) is 90.2 cm³/mol. The SMILES string of the molecule is O=C(c1cnccc1C(F)(F)F)N1CCC(Oc2ccc(Cl)cc2)CC1. The zero-order chi connectivity index (χ0) is 18.7. The third-order valence-corrected chi connectivity index (χ3v) is 4.45. The minimum Gasteiger partial charge on any atom is -0.490 e. The molecule has 1 aromatic heterocycles. The summed E-state index contributed by atoms with van der Waals surface area (Å²) in [4.78, 5) is 17.6. The van der Waals surface area contributed by atoms with Crippen molar-refractivity contribution in [2.45, 2.75) is 25.1 Å². The number of hydrogen-bond acceptors (Lipinski definition) is 3. The minimum absolute atomic E-state index is 0.101. The van der Waals surface area contributed by atoms with E-state index in [2.05, 4.69) is 4.98 Å². The molecule has 0 spiro atoms. The van der Waals surface area contributed by atoms with E-state index in [-0.39, 0.29) is 6.10 Å². The number of alkyl halides is 3. The number of aromatic nitrogens is 1. The van der Waals surface area contributed by atoms with Gasteiger partial charge < -0.3 is 9.64 Å². The number of likely N-dealkylation sites (tertiary alicyclic amines) is 1. The Kier molecular flexibility index (Phi) is 5.36. The molecule has 138 valence electrons. The number of piperidine rings is 1. The lowest BCUT2D eigenvalue weighted by Crippen LogP contribution is -2.42. The second-order valence-electron chi connectivity index (χ2n) is 5.98. The molecule has 2 heterocycles. The zero-order valence-corrected chi connectivity index (χ0v) is 14.4. The molecular formula is C18H16ClF3N2O2. The van der Waals surface area contributed by atoms with Crippen LogP contribution in [0.1, 0.15) is 28.8 Å². The van der Waals surface area contributed by atoms with Gasteiger partial charge in [0.1, 0.15) is 11.9 Å². The van der Waals surface area contributed by atoms with E-state index in [1.54, 1.807) is 24.3 Å². The monoisotopic (exact) mass is 384 g/mol. The highest BCUT2D eigenvalue weighted by atomic mass is 35.5. The van der Waals surface area contributed by atoms with Gasteiger partial charge >= 0.3 is 6.18 Å². The quantitative estimate of drug-likeness (QED) is 0.785. The van der Waals surface area contributed by atoms with Crippen LogP contribution in [0.2, 0.25) is 5.02 Å². The van der Waals surface area contributed by atoms with Gasteiger partial charge in [0, 0.05) is 43.3 Å². The Morgan fingerprint density at radius 2 is 1.81 bits per heavy atom. The van der Waals surface area contributed by atoms with Gasteiger partial charge in [-0.15, -0.1) is 0 Å². The molecule has 0 atom stereocenters. The fourth-order valence-corrected chi connectivity index (χ4v) is 2.99. The second-order valence-corrected chi connectivity index (χ2v) is 6.42. The van der Waals surface area contributed by atoms with Crippen molar-refractivity contribution in [3.8, 4) is 5.75 Å². The Labute approximate surface area is 153 Å². The van der Waals surface area contributed by atoms with Gasteiger partial charge in [0.2, 0.25) is 0 Å². The average molecular weight is 385 g/mol. The normalized spacial score (nSPS) is 15.8. The van der Waals surface area contributed by atoms with Gasteiger partial charge in [-0.1, -0.05) is 11.6 Å². The second kappa shape index (κ2) is 7.53. The lowest BCUT2D eigenvalue weighted by molar-refractivity contribution is -0.138. The van der Waals surface area contributed by atoms with Gasteiger partial charge in [0.15, 0.2) is 0 Å². The van der Waals surface area contributed by atoms with Crippen molar-refractivity contribution in [1.82, 2.24) is 9.88 Å². The summed E-state index contributed by atoms with van der Waals surface area (Å²) in [6, 6.07) is 7.77. The van der Waals surface area contributed by atoms with E-state index in [0.717, 1.165) is 18.5 Å². The maximum Gasteiger partial charge on any atom is 0.417 e. The topological polar surface area (TPSA) is 42.4 Å². The van der Waals surface area contributed by atoms with E-state index in [9.17, 15) is 18.0 Å². The summed E-state index contributed by atoms with van der Waals surface area (Å²) in [6.07, 6.45) is -1.61. The molecule has 2 aromatic rings. The number of halogens is 4. The van der Waals surface area contributed by atoms with Crippen LogP contribution in [0.25, 0.3) is 0 Å². The molecule has 0 unspecified atom stereocenters. The zero-order valence-electron chi connectivity index (χ0n) is 13.7. The van der Waals surface area contributed by atoms with Gasteiger partial charge in [-0.25, -0.2) is 0 Å². The molecule has 26 heavy (non-hydrogen) atoms. The minimum atomic E-state index is -4.59. The summed E-state index contributed by atoms with van der Waals surface area (Å²) in [5.41, 5.74) is -1.38. The predicted octanol–water partition coefficient (Wildman–Crippen LogP) is 4.44. The van der Waals surface area contributed by atoms with E-state index < -0.39 is 23.2 Å². The summed E-state index contributed by atoms with van der Waals surface area (Å²) >= 11 is 5.83. The number of rotatable bonds is 3. The van der Waals surface area contributed by atoms with Crippen molar-refractivity contribution < 1.29 is 22.7 Å². The Morgan fingerprint density at radius 1 is 1.15 bits per heavy atom. The first-order valence-corrected chi connectivity index (χ1v) is 8.45. The number of nitrogens with zero attached hydrogens (tertiary/aromatic N) is 2. The molecule has 0 radical (unpaired) electrons. The molecule has 1 fully saturated rings. The van der Waals surface area contributed by atoms with Crippen molar-refractivity contribution in [1.29, 1.82) is 0 Å². The van der Waals surface area contributed by atoms with Crippen LogP contribution in [-0.4, -0.2) is 35.0 Å². The Morgan fingerprint density at radius 3 is 2.42 bits per heavy atom. The van der Waals surface area contributed by atoms with Crippen molar-refractivity contribution in [2.75, 3.05) is 13.1 Å². The Hall–Kier alpha value is -2.28. The molecule has 1 saturated heterocycles. The molecule has 3 rings (SSSR count). The van der Waals surface area contributed by atoms with Gasteiger partial charge in [-0.3, -0.25) is 9.78 Å². The average Bonchev–Trinajstić information content (AvgIpc) is 2.63. The first-order valence-electron chi connectivity index (χ1n) is 8.07.